The summed E-state index contributed by atoms with van der Waals surface area (Å²) in [6, 6.07) is 1.84. The average Bonchev–Trinajstić information content (AvgIpc) is 2.87. The quantitative estimate of drug-likeness (QED) is 0.559. The topological polar surface area (TPSA) is 64.9 Å². The van der Waals surface area contributed by atoms with Crippen molar-refractivity contribution in [2.24, 2.45) is 12.0 Å². The van der Waals surface area contributed by atoms with E-state index in [1.165, 1.54) is 0 Å². The minimum Gasteiger partial charge on any atom is -0.357 e. The Morgan fingerprint density at radius 2 is 1.92 bits per heavy atom. The van der Waals surface area contributed by atoms with Gasteiger partial charge in [0.25, 0.3) is 0 Å². The van der Waals surface area contributed by atoms with Crippen molar-refractivity contribution in [3.63, 3.8) is 0 Å². The number of piperazine rings is 1. The summed E-state index contributed by atoms with van der Waals surface area (Å²) in [5.41, 5.74) is 0.956. The lowest BCUT2D eigenvalue weighted by Crippen LogP contribution is -2.50. The minimum atomic E-state index is 0.158. The number of hydrogen-bond donors (Lipinski definition) is 2. The molecule has 1 saturated heterocycles. The molecule has 9 heteroatoms. The molecular weight excluding hydrogens is 375 g/mol. The second-order valence-electron chi connectivity index (χ2n) is 6.30. The van der Waals surface area contributed by atoms with Crippen LogP contribution in [0, 0.1) is 0 Å². The van der Waals surface area contributed by atoms with Crippen LogP contribution < -0.4 is 10.6 Å². The number of guanidine groups is 1. The van der Waals surface area contributed by atoms with E-state index >= 15 is 0 Å². The molecule has 2 N–H and O–H groups in total. The zero-order chi connectivity index (χ0) is 19.1. The number of nitrogens with one attached hydrogen (secondary N) is 2. The second kappa shape index (κ2) is 10.0. The Morgan fingerprint density at radius 1 is 1.23 bits per heavy atom. The largest absolute Gasteiger partial charge is 0.357 e. The predicted molar refractivity (Wildman–Crippen MR) is 107 cm³/mol. The summed E-state index contributed by atoms with van der Waals surface area (Å²) < 4.78 is 1.84. The number of carbonyl (C=O) groups excluding carboxylic acids is 1. The molecular formula is C17H28Cl2N6O. The van der Waals surface area contributed by atoms with Gasteiger partial charge in [0.05, 0.1) is 11.6 Å². The highest BCUT2D eigenvalue weighted by Crippen LogP contribution is 2.25. The van der Waals surface area contributed by atoms with Crippen molar-refractivity contribution in [1.82, 2.24) is 25.0 Å². The van der Waals surface area contributed by atoms with Crippen LogP contribution >= 0.6 is 23.2 Å². The molecule has 146 valence electrons. The molecule has 1 amide bonds. The molecule has 26 heavy (non-hydrogen) atoms. The van der Waals surface area contributed by atoms with E-state index < -0.39 is 0 Å². The molecule has 1 fully saturated rings. The molecule has 2 rings (SSSR count). The number of amides is 1. The maximum Gasteiger partial charge on any atom is 0.219 e. The fourth-order valence-electron chi connectivity index (χ4n) is 2.86. The monoisotopic (exact) mass is 402 g/mol. The number of hydrogen-bond acceptors (Lipinski definition) is 3. The van der Waals surface area contributed by atoms with Gasteiger partial charge in [-0.2, -0.15) is 0 Å². The first-order chi connectivity index (χ1) is 12.4. The van der Waals surface area contributed by atoms with Crippen LogP contribution in [0.5, 0.6) is 0 Å². The smallest absolute Gasteiger partial charge is 0.219 e. The van der Waals surface area contributed by atoms with E-state index in [0.717, 1.165) is 57.5 Å². The van der Waals surface area contributed by atoms with Gasteiger partial charge in [-0.1, -0.05) is 23.2 Å². The molecule has 1 aromatic heterocycles. The van der Waals surface area contributed by atoms with Crippen molar-refractivity contribution in [2.45, 2.75) is 20.4 Å². The highest BCUT2D eigenvalue weighted by Gasteiger charge is 2.18. The van der Waals surface area contributed by atoms with Crippen molar-refractivity contribution < 1.29 is 4.79 Å². The molecule has 0 spiro atoms. The number of nitrogens with zero attached hydrogens (tertiary/aromatic N) is 4. The second-order valence-corrected chi connectivity index (χ2v) is 7.07. The lowest BCUT2D eigenvalue weighted by Gasteiger charge is -2.34. The highest BCUT2D eigenvalue weighted by atomic mass is 35.5. The number of aromatic nitrogens is 1. The summed E-state index contributed by atoms with van der Waals surface area (Å²) in [4.78, 5) is 20.2. The van der Waals surface area contributed by atoms with Crippen LogP contribution in [0.15, 0.2) is 11.1 Å². The van der Waals surface area contributed by atoms with Gasteiger partial charge in [0.2, 0.25) is 5.91 Å². The van der Waals surface area contributed by atoms with Crippen molar-refractivity contribution in [1.29, 1.82) is 0 Å². The van der Waals surface area contributed by atoms with Crippen LogP contribution in [0.1, 0.15) is 19.5 Å². The molecule has 7 nitrogen and oxygen atoms in total. The summed E-state index contributed by atoms with van der Waals surface area (Å²) in [6.07, 6.45) is 0. The third kappa shape index (κ3) is 5.79. The van der Waals surface area contributed by atoms with Crippen molar-refractivity contribution in [3.05, 3.63) is 21.9 Å². The first kappa shape index (κ1) is 20.9. The zero-order valence-corrected chi connectivity index (χ0v) is 17.2. The van der Waals surface area contributed by atoms with Crippen LogP contribution in [0.4, 0.5) is 0 Å². The van der Waals surface area contributed by atoms with E-state index in [0.29, 0.717) is 16.7 Å². The minimum absolute atomic E-state index is 0.158. The fraction of sp³-hybridized carbons (Fsp3) is 0.647. The fourth-order valence-corrected chi connectivity index (χ4v) is 3.28. The van der Waals surface area contributed by atoms with Crippen molar-refractivity contribution in [3.8, 4) is 0 Å². The summed E-state index contributed by atoms with van der Waals surface area (Å²) in [5.74, 6) is 0.925. The first-order valence-corrected chi connectivity index (χ1v) is 9.67. The third-order valence-corrected chi connectivity index (χ3v) is 5.34. The van der Waals surface area contributed by atoms with Gasteiger partial charge in [0.15, 0.2) is 5.96 Å². The van der Waals surface area contributed by atoms with Crippen LogP contribution in [-0.2, 0) is 18.4 Å². The molecule has 1 aromatic rings. The molecule has 0 bridgehead atoms. The maximum absolute atomic E-state index is 11.4. The standard InChI is InChI=1S/C17H28Cl2N6O/c1-4-20-17(22-12-14-11-15(18)16(19)23(14)3)21-5-6-24-7-9-25(10-8-24)13(2)26/h11H,4-10,12H2,1-3H3,(H2,20,21,22). The molecule has 0 atom stereocenters. The third-order valence-electron chi connectivity index (χ3n) is 4.50. The van der Waals surface area contributed by atoms with Gasteiger partial charge in [-0.3, -0.25) is 9.69 Å². The average molecular weight is 403 g/mol. The number of aliphatic imine (C=N–C) groups is 1. The number of carbonyl (C=O) groups is 1. The van der Waals surface area contributed by atoms with Gasteiger partial charge in [0, 0.05) is 65.5 Å². The van der Waals surface area contributed by atoms with Gasteiger partial charge >= 0.3 is 0 Å². The Bertz CT molecular complexity index is 637. The Hall–Kier alpha value is -1.44. The molecule has 0 aliphatic carbocycles. The van der Waals surface area contributed by atoms with Gasteiger partial charge in [-0.15, -0.1) is 0 Å². The van der Waals surface area contributed by atoms with Gasteiger partial charge in [-0.05, 0) is 13.0 Å². The molecule has 0 saturated carbocycles. The van der Waals surface area contributed by atoms with E-state index in [-0.39, 0.29) is 5.91 Å². The summed E-state index contributed by atoms with van der Waals surface area (Å²) >= 11 is 12.1. The SMILES string of the molecule is CCNC(=NCc1cc(Cl)c(Cl)n1C)NCCN1CCN(C(C)=O)CC1. The molecule has 2 heterocycles. The number of rotatable bonds is 6. The zero-order valence-electron chi connectivity index (χ0n) is 15.7. The van der Waals surface area contributed by atoms with Gasteiger partial charge in [-0.25, -0.2) is 4.99 Å². The maximum atomic E-state index is 11.4. The normalized spacial score (nSPS) is 16.0. The van der Waals surface area contributed by atoms with Crippen LogP contribution in [0.3, 0.4) is 0 Å². The van der Waals surface area contributed by atoms with E-state index in [9.17, 15) is 4.79 Å². The Labute approximate surface area is 165 Å². The lowest BCUT2D eigenvalue weighted by atomic mass is 10.3. The van der Waals surface area contributed by atoms with E-state index in [1.54, 1.807) is 6.92 Å². The van der Waals surface area contributed by atoms with E-state index in [1.807, 2.05) is 29.5 Å². The summed E-state index contributed by atoms with van der Waals surface area (Å²) in [5, 5.41) is 7.67. The highest BCUT2D eigenvalue weighted by molar-refractivity contribution is 6.41. The van der Waals surface area contributed by atoms with Crippen LogP contribution in [-0.4, -0.2) is 72.0 Å². The van der Waals surface area contributed by atoms with Crippen molar-refractivity contribution >= 4 is 35.1 Å². The molecule has 1 aliphatic heterocycles. The Balaban J connectivity index is 1.80. The summed E-state index contributed by atoms with van der Waals surface area (Å²) in [6.45, 7) is 10.1. The van der Waals surface area contributed by atoms with Crippen LogP contribution in [0.25, 0.3) is 0 Å². The van der Waals surface area contributed by atoms with E-state index in [2.05, 4.69) is 20.5 Å². The molecule has 0 radical (unpaired) electrons. The lowest BCUT2D eigenvalue weighted by molar-refractivity contribution is -0.130. The molecule has 0 unspecified atom stereocenters. The number of halogens is 2. The summed E-state index contributed by atoms with van der Waals surface area (Å²) in [7, 11) is 1.88. The predicted octanol–water partition coefficient (Wildman–Crippen LogP) is 1.55. The van der Waals surface area contributed by atoms with Gasteiger partial charge in [0.1, 0.15) is 5.15 Å². The van der Waals surface area contributed by atoms with Crippen molar-refractivity contribution in [2.75, 3.05) is 45.8 Å². The van der Waals surface area contributed by atoms with Crippen LogP contribution in [0.2, 0.25) is 10.2 Å². The molecule has 0 aromatic carbocycles. The Morgan fingerprint density at radius 3 is 2.46 bits per heavy atom. The van der Waals surface area contributed by atoms with E-state index in [4.69, 9.17) is 23.2 Å². The molecule has 1 aliphatic rings. The Kier molecular flexibility index (Phi) is 8.06. The first-order valence-electron chi connectivity index (χ1n) is 8.92. The van der Waals surface area contributed by atoms with Gasteiger partial charge < -0.3 is 20.1 Å².